The molecule has 74 valence electrons. The Bertz CT molecular complexity index is 178. The molecule has 0 heterocycles. The zero-order valence-corrected chi connectivity index (χ0v) is 6.95. The Morgan fingerprint density at radius 1 is 1.58 bits per heavy atom. The van der Waals surface area contributed by atoms with Gasteiger partial charge in [0.2, 0.25) is 0 Å². The molecule has 2 atom stereocenters. The Morgan fingerprint density at radius 2 is 2.08 bits per heavy atom. The number of alkyl halides is 2. The van der Waals surface area contributed by atoms with Gasteiger partial charge in [0, 0.05) is 6.54 Å². The summed E-state index contributed by atoms with van der Waals surface area (Å²) < 4.78 is 37.5. The molecular weight excluding hydrogens is 195 g/mol. The van der Waals surface area contributed by atoms with Gasteiger partial charge in [-0.05, 0) is 0 Å². The molecule has 0 aromatic rings. The van der Waals surface area contributed by atoms with E-state index in [9.17, 15) is 13.3 Å². The molecule has 0 aromatic heterocycles. The first kappa shape index (κ1) is 11.9. The summed E-state index contributed by atoms with van der Waals surface area (Å²) in [5.41, 5.74) is 4.89. The lowest BCUT2D eigenvalue weighted by Crippen LogP contribution is -2.25. The molecule has 0 aliphatic rings. The van der Waals surface area contributed by atoms with Crippen LogP contribution in [-0.2, 0) is 9.09 Å². The number of halogens is 2. The average molecular weight is 205 g/mol. The lowest BCUT2D eigenvalue weighted by Gasteiger charge is -2.12. The van der Waals surface area contributed by atoms with E-state index >= 15 is 0 Å². The summed E-state index contributed by atoms with van der Waals surface area (Å²) in [6, 6.07) is 0. The summed E-state index contributed by atoms with van der Waals surface area (Å²) >= 11 is 0. The van der Waals surface area contributed by atoms with Gasteiger partial charge in [0.1, 0.15) is 0 Å². The molecule has 4 N–H and O–H groups in total. The first-order valence-corrected chi connectivity index (χ1v) is 4.68. The zero-order chi connectivity index (χ0) is 9.78. The van der Waals surface area contributed by atoms with Crippen molar-refractivity contribution in [2.24, 2.45) is 5.73 Å². The molecule has 5 nitrogen and oxygen atoms in total. The van der Waals surface area contributed by atoms with Gasteiger partial charge < -0.3 is 20.3 Å². The number of hydrogen-bond donors (Lipinski definition) is 3. The quantitative estimate of drug-likeness (QED) is 0.537. The van der Waals surface area contributed by atoms with Crippen molar-refractivity contribution in [3.63, 3.8) is 0 Å². The Morgan fingerprint density at radius 3 is 2.42 bits per heavy atom. The lowest BCUT2D eigenvalue weighted by molar-refractivity contribution is 0.0880. The first-order chi connectivity index (χ1) is 5.40. The minimum atomic E-state index is -4.88. The maximum absolute atomic E-state index is 11.6. The second-order valence-electron chi connectivity index (χ2n) is 2.03. The fourth-order valence-corrected chi connectivity index (χ4v) is 0.816. The largest absolute Gasteiger partial charge is 0.394 e. The molecule has 0 amide bonds. The van der Waals surface area contributed by atoms with Crippen LogP contribution in [0.5, 0.6) is 0 Å². The SMILES string of the molecule is NCC(O)COP(=O)(O)C(F)F. The fraction of sp³-hybridized carbons (Fsp3) is 1.00. The van der Waals surface area contributed by atoms with Crippen molar-refractivity contribution in [2.75, 3.05) is 13.2 Å². The third kappa shape index (κ3) is 4.08. The first-order valence-electron chi connectivity index (χ1n) is 3.03. The van der Waals surface area contributed by atoms with Gasteiger partial charge in [0.15, 0.2) is 0 Å². The number of aliphatic hydroxyl groups excluding tert-OH is 1. The van der Waals surface area contributed by atoms with Crippen LogP contribution in [0.4, 0.5) is 8.78 Å². The molecule has 2 unspecified atom stereocenters. The average Bonchev–Trinajstić information content (AvgIpc) is 2.00. The molecule has 8 heteroatoms. The third-order valence-corrected chi connectivity index (χ3v) is 1.98. The molecule has 0 aliphatic carbocycles. The molecule has 0 bridgehead atoms. The maximum atomic E-state index is 11.6. The van der Waals surface area contributed by atoms with Crippen molar-refractivity contribution in [2.45, 2.75) is 12.3 Å². The predicted octanol–water partition coefficient (Wildman–Crippen LogP) is -0.269. The second kappa shape index (κ2) is 4.84. The lowest BCUT2D eigenvalue weighted by atomic mass is 10.4. The van der Waals surface area contributed by atoms with Gasteiger partial charge in [-0.25, -0.2) is 0 Å². The van der Waals surface area contributed by atoms with Gasteiger partial charge in [-0.3, -0.25) is 4.57 Å². The van der Waals surface area contributed by atoms with Crippen LogP contribution in [0.2, 0.25) is 0 Å². The van der Waals surface area contributed by atoms with E-state index in [1.807, 2.05) is 0 Å². The second-order valence-corrected chi connectivity index (χ2v) is 3.80. The van der Waals surface area contributed by atoms with Crippen molar-refractivity contribution in [1.82, 2.24) is 0 Å². The number of nitrogens with two attached hydrogens (primary N) is 1. The number of rotatable bonds is 5. The van der Waals surface area contributed by atoms with Crippen LogP contribution in [-0.4, -0.2) is 35.4 Å². The standard InChI is InChI=1S/C4H10F2NO4P/c5-4(6)12(9,10)11-2-3(8)1-7/h3-4,8H,1-2,7H2,(H,9,10). The summed E-state index contributed by atoms with van der Waals surface area (Å²) in [7, 11) is -4.88. The Labute approximate surface area is 67.7 Å². The van der Waals surface area contributed by atoms with E-state index in [0.717, 1.165) is 0 Å². The van der Waals surface area contributed by atoms with Crippen LogP contribution in [0.15, 0.2) is 0 Å². The van der Waals surface area contributed by atoms with E-state index in [-0.39, 0.29) is 6.54 Å². The van der Waals surface area contributed by atoms with Crippen LogP contribution in [0, 0.1) is 0 Å². The molecule has 0 aromatic carbocycles. The molecular formula is C4H10F2NO4P. The van der Waals surface area contributed by atoms with Crippen LogP contribution in [0.1, 0.15) is 0 Å². The highest BCUT2D eigenvalue weighted by molar-refractivity contribution is 7.53. The minimum Gasteiger partial charge on any atom is -0.389 e. The number of aliphatic hydroxyl groups is 1. The topological polar surface area (TPSA) is 92.8 Å². The number of hydrogen-bond acceptors (Lipinski definition) is 4. The summed E-state index contributed by atoms with van der Waals surface area (Å²) in [4.78, 5) is 8.37. The maximum Gasteiger partial charge on any atom is 0.394 e. The van der Waals surface area contributed by atoms with Gasteiger partial charge in [-0.15, -0.1) is 0 Å². The summed E-state index contributed by atoms with van der Waals surface area (Å²) in [5, 5.41) is 8.68. The summed E-state index contributed by atoms with van der Waals surface area (Å²) in [5.74, 6) is 0. The van der Waals surface area contributed by atoms with Gasteiger partial charge in [-0.2, -0.15) is 8.78 Å². The highest BCUT2D eigenvalue weighted by Gasteiger charge is 2.32. The van der Waals surface area contributed by atoms with Crippen molar-refractivity contribution in [1.29, 1.82) is 0 Å². The highest BCUT2D eigenvalue weighted by atomic mass is 31.2. The zero-order valence-electron chi connectivity index (χ0n) is 6.06. The van der Waals surface area contributed by atoms with E-state index < -0.39 is 26.5 Å². The monoisotopic (exact) mass is 205 g/mol. The van der Waals surface area contributed by atoms with Crippen LogP contribution in [0.3, 0.4) is 0 Å². The fourth-order valence-electron chi connectivity index (χ4n) is 0.317. The highest BCUT2D eigenvalue weighted by Crippen LogP contribution is 2.48. The minimum absolute atomic E-state index is 0.219. The smallest absolute Gasteiger partial charge is 0.389 e. The van der Waals surface area contributed by atoms with E-state index in [0.29, 0.717) is 0 Å². The molecule has 0 saturated carbocycles. The summed E-state index contributed by atoms with van der Waals surface area (Å²) in [6.45, 7) is -0.891. The van der Waals surface area contributed by atoms with Crippen LogP contribution in [0.25, 0.3) is 0 Å². The summed E-state index contributed by atoms with van der Waals surface area (Å²) in [6.07, 6.45) is -4.66. The van der Waals surface area contributed by atoms with Crippen LogP contribution >= 0.6 is 7.60 Å². The molecule has 0 rings (SSSR count). The Hall–Kier alpha value is -0.0700. The van der Waals surface area contributed by atoms with Gasteiger partial charge >= 0.3 is 13.8 Å². The van der Waals surface area contributed by atoms with Crippen molar-refractivity contribution in [3.8, 4) is 0 Å². The van der Waals surface area contributed by atoms with E-state index in [1.165, 1.54) is 0 Å². The predicted molar refractivity (Wildman–Crippen MR) is 36.8 cm³/mol. The van der Waals surface area contributed by atoms with Gasteiger partial charge in [0.25, 0.3) is 0 Å². The Kier molecular flexibility index (Phi) is 4.81. The molecule has 12 heavy (non-hydrogen) atoms. The molecule has 0 saturated heterocycles. The van der Waals surface area contributed by atoms with E-state index in [4.69, 9.17) is 15.7 Å². The third-order valence-electron chi connectivity index (χ3n) is 0.971. The van der Waals surface area contributed by atoms with E-state index in [2.05, 4.69) is 4.52 Å². The molecule has 0 fully saturated rings. The van der Waals surface area contributed by atoms with Crippen LogP contribution < -0.4 is 5.73 Å². The van der Waals surface area contributed by atoms with Gasteiger partial charge in [-0.1, -0.05) is 0 Å². The van der Waals surface area contributed by atoms with Crippen molar-refractivity contribution >= 4 is 7.60 Å². The van der Waals surface area contributed by atoms with Crippen molar-refractivity contribution < 1.29 is 27.9 Å². The van der Waals surface area contributed by atoms with Crippen molar-refractivity contribution in [3.05, 3.63) is 0 Å². The Balaban J connectivity index is 3.84. The molecule has 0 spiro atoms. The normalized spacial score (nSPS) is 19.2. The van der Waals surface area contributed by atoms with Gasteiger partial charge in [0.05, 0.1) is 12.7 Å². The molecule has 0 radical (unpaired) electrons. The van der Waals surface area contributed by atoms with E-state index in [1.54, 1.807) is 0 Å². The molecule has 0 aliphatic heterocycles.